The van der Waals surface area contributed by atoms with Gasteiger partial charge in [0.1, 0.15) is 0 Å². The Morgan fingerprint density at radius 2 is 1.38 bits per heavy atom. The minimum Gasteiger partial charge on any atom is -0.331 e. The zero-order valence-electron chi connectivity index (χ0n) is 22.1. The Labute approximate surface area is 208 Å². The van der Waals surface area contributed by atoms with E-state index < -0.39 is 0 Å². The van der Waals surface area contributed by atoms with Gasteiger partial charge in [0.05, 0.1) is 6.33 Å². The molecule has 2 nitrogen and oxygen atoms in total. The average Bonchev–Trinajstić information content (AvgIpc) is 3.39. The minimum atomic E-state index is -0.0298. The number of hydrogen-bond donors (Lipinski definition) is 0. The highest BCUT2D eigenvalue weighted by atomic mass is 15.1. The van der Waals surface area contributed by atoms with Crippen molar-refractivity contribution in [3.63, 3.8) is 0 Å². The predicted octanol–water partition coefficient (Wildman–Crippen LogP) is 9.09. The summed E-state index contributed by atoms with van der Waals surface area (Å²) in [7, 11) is 0. The van der Waals surface area contributed by atoms with Gasteiger partial charge in [0.25, 0.3) is 0 Å². The minimum absolute atomic E-state index is 0.0298. The number of rotatable bonds is 15. The SMILES string of the molecule is CCCCCCCCCCc1ccccc1Cc1ccccc1[C@H](CC)C(C)(C)n1ccnc1. The molecule has 0 aliphatic heterocycles. The van der Waals surface area contributed by atoms with Crippen LogP contribution in [-0.4, -0.2) is 9.55 Å². The maximum absolute atomic E-state index is 4.32. The second kappa shape index (κ2) is 13.5. The van der Waals surface area contributed by atoms with Gasteiger partial charge in [-0.15, -0.1) is 0 Å². The smallest absolute Gasteiger partial charge is 0.0951 e. The number of benzene rings is 2. The fourth-order valence-corrected chi connectivity index (χ4v) is 5.54. The third-order valence-electron chi connectivity index (χ3n) is 7.66. The molecule has 3 rings (SSSR count). The van der Waals surface area contributed by atoms with Gasteiger partial charge in [-0.25, -0.2) is 4.98 Å². The van der Waals surface area contributed by atoms with Gasteiger partial charge in [0, 0.05) is 23.9 Å². The Bertz CT molecular complexity index is 955. The van der Waals surface area contributed by atoms with E-state index >= 15 is 0 Å². The molecule has 0 unspecified atom stereocenters. The fraction of sp³-hybridized carbons (Fsp3) is 0.531. The maximum Gasteiger partial charge on any atom is 0.0951 e. The number of imidazole rings is 1. The van der Waals surface area contributed by atoms with Gasteiger partial charge in [0.2, 0.25) is 0 Å². The highest BCUT2D eigenvalue weighted by Crippen LogP contribution is 2.39. The fourth-order valence-electron chi connectivity index (χ4n) is 5.54. The van der Waals surface area contributed by atoms with Gasteiger partial charge in [-0.2, -0.15) is 0 Å². The van der Waals surface area contributed by atoms with Crippen LogP contribution in [0, 0.1) is 0 Å². The van der Waals surface area contributed by atoms with Gasteiger partial charge >= 0.3 is 0 Å². The van der Waals surface area contributed by atoms with Crippen LogP contribution in [0.3, 0.4) is 0 Å². The molecule has 0 radical (unpaired) electrons. The van der Waals surface area contributed by atoms with Gasteiger partial charge in [-0.1, -0.05) is 107 Å². The number of nitrogens with zero attached hydrogens (tertiary/aromatic N) is 2. The molecule has 0 aliphatic carbocycles. The summed E-state index contributed by atoms with van der Waals surface area (Å²) in [5, 5.41) is 0. The molecular formula is C32H46N2. The van der Waals surface area contributed by atoms with Crippen molar-refractivity contribution in [2.24, 2.45) is 0 Å². The van der Waals surface area contributed by atoms with E-state index in [0.29, 0.717) is 5.92 Å². The van der Waals surface area contributed by atoms with Crippen molar-refractivity contribution in [1.82, 2.24) is 9.55 Å². The van der Waals surface area contributed by atoms with E-state index in [9.17, 15) is 0 Å². The largest absolute Gasteiger partial charge is 0.331 e. The van der Waals surface area contributed by atoms with E-state index in [2.05, 4.69) is 92.0 Å². The normalized spacial score (nSPS) is 12.7. The molecule has 2 heteroatoms. The van der Waals surface area contributed by atoms with Crippen LogP contribution in [0.5, 0.6) is 0 Å². The molecule has 1 aromatic heterocycles. The topological polar surface area (TPSA) is 17.8 Å². The first-order chi connectivity index (χ1) is 16.6. The van der Waals surface area contributed by atoms with Crippen molar-refractivity contribution in [3.8, 4) is 0 Å². The predicted molar refractivity (Wildman–Crippen MR) is 147 cm³/mol. The third-order valence-corrected chi connectivity index (χ3v) is 7.66. The molecule has 0 amide bonds. The standard InChI is InChI=1S/C32H46N2/c1-5-7-8-9-10-11-12-13-18-27-19-14-15-20-28(27)25-29-21-16-17-22-30(29)31(6-2)32(3,4)34-24-23-33-26-34/h14-17,19-24,26,31H,5-13,18,25H2,1-4H3/t31-/m0/s1. The van der Waals surface area contributed by atoms with E-state index in [1.165, 1.54) is 80.0 Å². The Hall–Kier alpha value is -2.35. The summed E-state index contributed by atoms with van der Waals surface area (Å²) in [4.78, 5) is 4.32. The van der Waals surface area contributed by atoms with Gasteiger partial charge in [-0.05, 0) is 61.8 Å². The van der Waals surface area contributed by atoms with Gasteiger partial charge < -0.3 is 4.57 Å². The van der Waals surface area contributed by atoms with E-state index in [1.807, 2.05) is 12.5 Å². The van der Waals surface area contributed by atoms with Gasteiger partial charge in [0.15, 0.2) is 0 Å². The van der Waals surface area contributed by atoms with Crippen molar-refractivity contribution < 1.29 is 0 Å². The molecule has 1 atom stereocenters. The third kappa shape index (κ3) is 7.08. The van der Waals surface area contributed by atoms with Crippen molar-refractivity contribution >= 4 is 0 Å². The van der Waals surface area contributed by atoms with Crippen molar-refractivity contribution in [1.29, 1.82) is 0 Å². The zero-order valence-corrected chi connectivity index (χ0v) is 22.1. The highest BCUT2D eigenvalue weighted by molar-refractivity contribution is 5.39. The van der Waals surface area contributed by atoms with Gasteiger partial charge in [-0.3, -0.25) is 0 Å². The van der Waals surface area contributed by atoms with Crippen LogP contribution in [0.15, 0.2) is 67.3 Å². The Balaban J connectivity index is 1.69. The molecule has 184 valence electrons. The summed E-state index contributed by atoms with van der Waals surface area (Å²) in [6.45, 7) is 9.29. The molecule has 0 aliphatic rings. The Kier molecular flexibility index (Phi) is 10.4. The molecule has 0 N–H and O–H groups in total. The molecule has 34 heavy (non-hydrogen) atoms. The lowest BCUT2D eigenvalue weighted by Gasteiger charge is -2.36. The van der Waals surface area contributed by atoms with Crippen molar-refractivity contribution in [3.05, 3.63) is 89.5 Å². The van der Waals surface area contributed by atoms with Crippen molar-refractivity contribution in [2.45, 2.75) is 110 Å². The van der Waals surface area contributed by atoms with Crippen LogP contribution in [-0.2, 0) is 18.4 Å². The van der Waals surface area contributed by atoms with Crippen LogP contribution in [0.2, 0.25) is 0 Å². The molecule has 3 aromatic rings. The van der Waals surface area contributed by atoms with Crippen LogP contribution in [0.25, 0.3) is 0 Å². The first-order valence-electron chi connectivity index (χ1n) is 13.7. The molecule has 0 fully saturated rings. The summed E-state index contributed by atoms with van der Waals surface area (Å²) >= 11 is 0. The second-order valence-corrected chi connectivity index (χ2v) is 10.5. The first kappa shape index (κ1) is 26.3. The monoisotopic (exact) mass is 458 g/mol. The molecule has 0 bridgehead atoms. The number of unbranched alkanes of at least 4 members (excludes halogenated alkanes) is 7. The van der Waals surface area contributed by atoms with E-state index in [-0.39, 0.29) is 5.54 Å². The van der Waals surface area contributed by atoms with Crippen LogP contribution < -0.4 is 0 Å². The number of hydrogen-bond acceptors (Lipinski definition) is 1. The summed E-state index contributed by atoms with van der Waals surface area (Å²) in [5.41, 5.74) is 5.94. The van der Waals surface area contributed by atoms with E-state index in [0.717, 1.165) is 12.8 Å². The molecule has 0 spiro atoms. The lowest BCUT2D eigenvalue weighted by Crippen LogP contribution is -2.33. The lowest BCUT2D eigenvalue weighted by atomic mass is 9.77. The average molecular weight is 459 g/mol. The first-order valence-corrected chi connectivity index (χ1v) is 13.7. The molecule has 1 heterocycles. The molecule has 0 saturated heterocycles. The maximum atomic E-state index is 4.32. The second-order valence-electron chi connectivity index (χ2n) is 10.5. The highest BCUT2D eigenvalue weighted by Gasteiger charge is 2.32. The van der Waals surface area contributed by atoms with Crippen LogP contribution in [0.4, 0.5) is 0 Å². The quantitative estimate of drug-likeness (QED) is 0.208. The molecule has 2 aromatic carbocycles. The van der Waals surface area contributed by atoms with Crippen LogP contribution in [0.1, 0.15) is 114 Å². The number of aryl methyl sites for hydroxylation is 1. The molecular weight excluding hydrogens is 412 g/mol. The number of aromatic nitrogens is 2. The summed E-state index contributed by atoms with van der Waals surface area (Å²) in [5.74, 6) is 0.428. The Morgan fingerprint density at radius 1 is 0.765 bits per heavy atom. The van der Waals surface area contributed by atoms with E-state index in [4.69, 9.17) is 0 Å². The van der Waals surface area contributed by atoms with Crippen molar-refractivity contribution in [2.75, 3.05) is 0 Å². The zero-order chi connectivity index (χ0) is 24.2. The summed E-state index contributed by atoms with van der Waals surface area (Å²) < 4.78 is 2.27. The lowest BCUT2D eigenvalue weighted by molar-refractivity contribution is 0.274. The Morgan fingerprint density at radius 3 is 2.03 bits per heavy atom. The summed E-state index contributed by atoms with van der Waals surface area (Å²) in [6.07, 6.45) is 20.3. The molecule has 0 saturated carbocycles. The van der Waals surface area contributed by atoms with Crippen LogP contribution >= 0.6 is 0 Å². The van der Waals surface area contributed by atoms with E-state index in [1.54, 1.807) is 0 Å². The summed E-state index contributed by atoms with van der Waals surface area (Å²) in [6, 6.07) is 18.2.